The van der Waals surface area contributed by atoms with Gasteiger partial charge in [-0.2, -0.15) is 11.8 Å². The summed E-state index contributed by atoms with van der Waals surface area (Å²) < 4.78 is 23.4. The molecule has 1 rings (SSSR count). The Bertz CT molecular complexity index is 369. The van der Waals surface area contributed by atoms with Gasteiger partial charge in [0.25, 0.3) is 0 Å². The van der Waals surface area contributed by atoms with Crippen molar-refractivity contribution in [1.82, 2.24) is 10.3 Å². The van der Waals surface area contributed by atoms with Gasteiger partial charge in [0.15, 0.2) is 9.84 Å². The zero-order valence-electron chi connectivity index (χ0n) is 10.2. The van der Waals surface area contributed by atoms with Crippen molar-refractivity contribution in [2.45, 2.75) is 18.7 Å². The molecular weight excluding hydrogens is 260 g/mol. The van der Waals surface area contributed by atoms with Crippen molar-refractivity contribution >= 4 is 27.6 Å². The van der Waals surface area contributed by atoms with E-state index in [0.717, 1.165) is 12.2 Å². The molecule has 1 aliphatic rings. The van der Waals surface area contributed by atoms with E-state index in [4.69, 9.17) is 5.84 Å². The first-order chi connectivity index (χ1) is 8.00. The van der Waals surface area contributed by atoms with Crippen LogP contribution in [0.15, 0.2) is 4.99 Å². The second kappa shape index (κ2) is 6.46. The molecule has 0 radical (unpaired) electrons. The third-order valence-electron chi connectivity index (χ3n) is 2.47. The number of rotatable bonds is 3. The molecule has 8 heteroatoms. The number of nitrogens with one attached hydrogen (secondary N) is 1. The monoisotopic (exact) mass is 280 g/mol. The van der Waals surface area contributed by atoms with E-state index in [9.17, 15) is 8.42 Å². The number of hydrazine groups is 1. The lowest BCUT2D eigenvalue weighted by Gasteiger charge is -2.35. The summed E-state index contributed by atoms with van der Waals surface area (Å²) in [6.45, 7) is 3.30. The first-order valence-corrected chi connectivity index (χ1v) is 8.66. The Hall–Kier alpha value is -0.470. The van der Waals surface area contributed by atoms with Crippen molar-refractivity contribution in [2.24, 2.45) is 10.8 Å². The van der Waals surface area contributed by atoms with Gasteiger partial charge in [0.1, 0.15) is 5.37 Å². The quantitative estimate of drug-likeness (QED) is 0.317. The summed E-state index contributed by atoms with van der Waals surface area (Å²) in [5.41, 5.74) is 2.51. The van der Waals surface area contributed by atoms with Crippen LogP contribution in [0.25, 0.3) is 0 Å². The van der Waals surface area contributed by atoms with Crippen LogP contribution in [0.5, 0.6) is 0 Å². The van der Waals surface area contributed by atoms with E-state index in [2.05, 4.69) is 10.4 Å². The Morgan fingerprint density at radius 2 is 2.35 bits per heavy atom. The van der Waals surface area contributed by atoms with Crippen LogP contribution >= 0.6 is 11.8 Å². The van der Waals surface area contributed by atoms with Gasteiger partial charge in [0.05, 0.1) is 0 Å². The Kier molecular flexibility index (Phi) is 5.54. The standard InChI is InChI=1S/C9H20N4O2S2/c1-3-4-11-9(12-10)13-5-6-16-7-8(13)17(2,14)15/h8H,3-7,10H2,1-2H3,(H,11,12). The lowest BCUT2D eigenvalue weighted by atomic mass is 10.5. The largest absolute Gasteiger partial charge is 0.323 e. The third kappa shape index (κ3) is 4.04. The second-order valence-corrected chi connectivity index (χ2v) is 7.26. The molecule has 1 heterocycles. The smallest absolute Gasteiger partial charge is 0.209 e. The summed E-state index contributed by atoms with van der Waals surface area (Å²) in [6, 6.07) is 0. The van der Waals surface area contributed by atoms with Crippen molar-refractivity contribution in [1.29, 1.82) is 0 Å². The minimum atomic E-state index is -3.13. The fraction of sp³-hybridized carbons (Fsp3) is 0.889. The summed E-state index contributed by atoms with van der Waals surface area (Å²) in [7, 11) is -3.13. The van der Waals surface area contributed by atoms with Crippen molar-refractivity contribution in [2.75, 3.05) is 30.9 Å². The number of hydrogen-bond donors (Lipinski definition) is 2. The molecule has 1 unspecified atom stereocenters. The predicted molar refractivity (Wildman–Crippen MR) is 72.6 cm³/mol. The van der Waals surface area contributed by atoms with Crippen LogP contribution < -0.4 is 11.3 Å². The van der Waals surface area contributed by atoms with Crippen LogP contribution in [-0.2, 0) is 9.84 Å². The molecule has 17 heavy (non-hydrogen) atoms. The Labute approximate surface area is 107 Å². The van der Waals surface area contributed by atoms with Gasteiger partial charge in [-0.15, -0.1) is 0 Å². The van der Waals surface area contributed by atoms with E-state index in [1.54, 1.807) is 16.7 Å². The highest BCUT2D eigenvalue weighted by Gasteiger charge is 2.32. The highest BCUT2D eigenvalue weighted by atomic mass is 32.2. The molecule has 0 aromatic carbocycles. The van der Waals surface area contributed by atoms with Gasteiger partial charge < -0.3 is 4.90 Å². The van der Waals surface area contributed by atoms with Crippen molar-refractivity contribution < 1.29 is 8.42 Å². The number of guanidine groups is 1. The Morgan fingerprint density at radius 1 is 1.65 bits per heavy atom. The number of nitrogens with two attached hydrogens (primary N) is 1. The molecule has 1 fully saturated rings. The molecule has 1 atom stereocenters. The summed E-state index contributed by atoms with van der Waals surface area (Å²) in [6.07, 6.45) is 2.15. The van der Waals surface area contributed by atoms with E-state index in [1.165, 1.54) is 6.26 Å². The van der Waals surface area contributed by atoms with Gasteiger partial charge in [-0.25, -0.2) is 14.3 Å². The second-order valence-electron chi connectivity index (χ2n) is 3.90. The predicted octanol–water partition coefficient (Wildman–Crippen LogP) is -0.365. The molecular formula is C9H20N4O2S2. The lowest BCUT2D eigenvalue weighted by molar-refractivity contribution is 0.395. The van der Waals surface area contributed by atoms with Gasteiger partial charge in [-0.1, -0.05) is 6.92 Å². The minimum Gasteiger partial charge on any atom is -0.323 e. The zero-order chi connectivity index (χ0) is 12.9. The van der Waals surface area contributed by atoms with Gasteiger partial charge in [-0.05, 0) is 6.42 Å². The SMILES string of the molecule is CCCN=C(NN)N1CCSCC1S(C)(=O)=O. The molecule has 3 N–H and O–H groups in total. The van der Waals surface area contributed by atoms with Gasteiger partial charge in [0, 0.05) is 30.9 Å². The van der Waals surface area contributed by atoms with E-state index < -0.39 is 15.2 Å². The summed E-state index contributed by atoms with van der Waals surface area (Å²) in [4.78, 5) is 6.03. The normalized spacial score (nSPS) is 22.6. The summed E-state index contributed by atoms with van der Waals surface area (Å²) in [5, 5.41) is -0.534. The molecule has 100 valence electrons. The molecule has 0 aliphatic carbocycles. The third-order valence-corrected chi connectivity index (χ3v) is 5.11. The fourth-order valence-corrected chi connectivity index (χ4v) is 4.43. The van der Waals surface area contributed by atoms with Crippen LogP contribution in [0.4, 0.5) is 0 Å². The van der Waals surface area contributed by atoms with Crippen molar-refractivity contribution in [3.05, 3.63) is 0 Å². The number of thioether (sulfide) groups is 1. The highest BCUT2D eigenvalue weighted by molar-refractivity contribution is 8.00. The first-order valence-electron chi connectivity index (χ1n) is 5.55. The molecule has 0 saturated carbocycles. The Morgan fingerprint density at radius 3 is 2.88 bits per heavy atom. The summed E-state index contributed by atoms with van der Waals surface area (Å²) in [5.74, 6) is 7.35. The van der Waals surface area contributed by atoms with Gasteiger partial charge >= 0.3 is 0 Å². The molecule has 1 saturated heterocycles. The number of hydrogen-bond acceptors (Lipinski definition) is 5. The fourth-order valence-electron chi connectivity index (χ4n) is 1.62. The maximum atomic E-state index is 11.7. The molecule has 0 spiro atoms. The molecule has 0 aromatic rings. The summed E-state index contributed by atoms with van der Waals surface area (Å²) >= 11 is 1.64. The highest BCUT2D eigenvalue weighted by Crippen LogP contribution is 2.20. The average molecular weight is 280 g/mol. The number of nitrogens with zero attached hydrogens (tertiary/aromatic N) is 2. The maximum absolute atomic E-state index is 11.7. The first kappa shape index (κ1) is 14.6. The van der Waals surface area contributed by atoms with Crippen LogP contribution in [0, 0.1) is 0 Å². The number of sulfone groups is 1. The van der Waals surface area contributed by atoms with Crippen LogP contribution in [0.2, 0.25) is 0 Å². The van der Waals surface area contributed by atoms with Crippen molar-refractivity contribution in [3.8, 4) is 0 Å². The molecule has 0 amide bonds. The van der Waals surface area contributed by atoms with Crippen LogP contribution in [0.1, 0.15) is 13.3 Å². The topological polar surface area (TPSA) is 87.8 Å². The van der Waals surface area contributed by atoms with Gasteiger partial charge in [-0.3, -0.25) is 10.4 Å². The molecule has 0 bridgehead atoms. The van der Waals surface area contributed by atoms with E-state index in [0.29, 0.717) is 24.8 Å². The zero-order valence-corrected chi connectivity index (χ0v) is 11.9. The molecule has 6 nitrogen and oxygen atoms in total. The average Bonchev–Trinajstić information content (AvgIpc) is 2.29. The lowest BCUT2D eigenvalue weighted by Crippen LogP contribution is -2.55. The molecule has 1 aliphatic heterocycles. The van der Waals surface area contributed by atoms with Crippen LogP contribution in [0.3, 0.4) is 0 Å². The van der Waals surface area contributed by atoms with E-state index >= 15 is 0 Å². The van der Waals surface area contributed by atoms with E-state index in [1.807, 2.05) is 6.92 Å². The van der Waals surface area contributed by atoms with Crippen LogP contribution in [-0.4, -0.2) is 55.5 Å². The van der Waals surface area contributed by atoms with Crippen molar-refractivity contribution in [3.63, 3.8) is 0 Å². The van der Waals surface area contributed by atoms with E-state index in [-0.39, 0.29) is 0 Å². The minimum absolute atomic E-state index is 0.475. The Balaban J connectivity index is 2.90. The molecule has 0 aromatic heterocycles. The number of aliphatic imine (C=N–C) groups is 1. The maximum Gasteiger partial charge on any atom is 0.209 e. The van der Waals surface area contributed by atoms with Gasteiger partial charge in [0.2, 0.25) is 5.96 Å².